The first kappa shape index (κ1) is 16.5. The average Bonchev–Trinajstić information content (AvgIpc) is 2.61. The maximum atomic E-state index is 11.2. The third-order valence-corrected chi connectivity index (χ3v) is 4.88. The van der Waals surface area contributed by atoms with Gasteiger partial charge in [0.1, 0.15) is 5.69 Å². The molecule has 0 aromatic heterocycles. The number of nitrogens with zero attached hydrogens (tertiary/aromatic N) is 1. The zero-order chi connectivity index (χ0) is 17.0. The Morgan fingerprint density at radius 3 is 2.50 bits per heavy atom. The molecular weight excluding hydrogens is 304 g/mol. The molecule has 0 bridgehead atoms. The van der Waals surface area contributed by atoms with E-state index >= 15 is 0 Å². The van der Waals surface area contributed by atoms with Crippen molar-refractivity contribution in [3.8, 4) is 0 Å². The third-order valence-electron chi connectivity index (χ3n) is 4.88. The van der Waals surface area contributed by atoms with E-state index in [1.807, 2.05) is 12.1 Å². The van der Waals surface area contributed by atoms with Crippen LogP contribution in [0.5, 0.6) is 0 Å². The van der Waals surface area contributed by atoms with Crippen LogP contribution < -0.4 is 5.32 Å². The minimum absolute atomic E-state index is 0.0622. The molecule has 1 fully saturated rings. The molecule has 2 aromatic rings. The fourth-order valence-corrected chi connectivity index (χ4v) is 3.52. The Labute approximate surface area is 141 Å². The van der Waals surface area contributed by atoms with E-state index in [-0.39, 0.29) is 16.0 Å². The van der Waals surface area contributed by atoms with Crippen molar-refractivity contribution in [1.29, 1.82) is 0 Å². The van der Waals surface area contributed by atoms with Crippen molar-refractivity contribution in [3.05, 3.63) is 69.8 Å². The number of nitro benzene ring substituents is 1. The molecule has 3 rings (SSSR count). The summed E-state index contributed by atoms with van der Waals surface area (Å²) in [5.74, 6) is 0. The maximum absolute atomic E-state index is 11.2. The summed E-state index contributed by atoms with van der Waals surface area (Å²) < 4.78 is 5.56. The van der Waals surface area contributed by atoms with Crippen molar-refractivity contribution in [2.45, 2.75) is 25.2 Å². The lowest BCUT2D eigenvalue weighted by Crippen LogP contribution is -2.40. The molecule has 1 saturated heterocycles. The first-order valence-corrected chi connectivity index (χ1v) is 8.24. The lowest BCUT2D eigenvalue weighted by molar-refractivity contribution is -0.384. The number of rotatable bonds is 5. The highest BCUT2D eigenvalue weighted by molar-refractivity contribution is 5.61. The summed E-state index contributed by atoms with van der Waals surface area (Å²) in [6, 6.07) is 15.2. The van der Waals surface area contributed by atoms with E-state index in [2.05, 4.69) is 30.4 Å². The highest BCUT2D eigenvalue weighted by Gasteiger charge is 2.35. The summed E-state index contributed by atoms with van der Waals surface area (Å²) in [5, 5.41) is 14.6. The summed E-state index contributed by atoms with van der Waals surface area (Å²) in [4.78, 5) is 10.9. The highest BCUT2D eigenvalue weighted by Crippen LogP contribution is 2.37. The SMILES string of the molecule is Cc1ccccc1C1(CNc2ccccc2[N+](=O)[O-])CCOCC1. The smallest absolute Gasteiger partial charge is 0.292 e. The molecule has 0 spiro atoms. The maximum Gasteiger partial charge on any atom is 0.292 e. The summed E-state index contributed by atoms with van der Waals surface area (Å²) in [5.41, 5.74) is 3.18. The highest BCUT2D eigenvalue weighted by atomic mass is 16.6. The van der Waals surface area contributed by atoms with E-state index < -0.39 is 0 Å². The fourth-order valence-electron chi connectivity index (χ4n) is 3.52. The monoisotopic (exact) mass is 326 g/mol. The van der Waals surface area contributed by atoms with Gasteiger partial charge >= 0.3 is 0 Å². The van der Waals surface area contributed by atoms with Gasteiger partial charge in [0, 0.05) is 31.2 Å². The van der Waals surface area contributed by atoms with Gasteiger partial charge < -0.3 is 10.1 Å². The fraction of sp³-hybridized carbons (Fsp3) is 0.368. The van der Waals surface area contributed by atoms with Crippen molar-refractivity contribution < 1.29 is 9.66 Å². The number of ether oxygens (including phenoxy) is 1. The number of aryl methyl sites for hydroxylation is 1. The van der Waals surface area contributed by atoms with Crippen LogP contribution in [0.1, 0.15) is 24.0 Å². The molecule has 1 N–H and O–H groups in total. The molecule has 0 atom stereocenters. The van der Waals surface area contributed by atoms with Crippen molar-refractivity contribution in [2.75, 3.05) is 25.1 Å². The molecule has 1 aliphatic heterocycles. The third kappa shape index (κ3) is 3.26. The number of anilines is 1. The van der Waals surface area contributed by atoms with Crippen LogP contribution in [-0.4, -0.2) is 24.7 Å². The Hall–Kier alpha value is -2.40. The predicted molar refractivity (Wildman–Crippen MR) is 94.5 cm³/mol. The Morgan fingerprint density at radius 2 is 1.79 bits per heavy atom. The van der Waals surface area contributed by atoms with Gasteiger partial charge in [-0.3, -0.25) is 10.1 Å². The normalized spacial score (nSPS) is 16.5. The molecule has 1 aliphatic rings. The van der Waals surface area contributed by atoms with Crippen LogP contribution in [0, 0.1) is 17.0 Å². The van der Waals surface area contributed by atoms with Gasteiger partial charge in [-0.15, -0.1) is 0 Å². The molecule has 0 radical (unpaired) electrons. The lowest BCUT2D eigenvalue weighted by Gasteiger charge is -2.39. The summed E-state index contributed by atoms with van der Waals surface area (Å²) in [6.45, 7) is 4.21. The standard InChI is InChI=1S/C19H22N2O3/c1-15-6-2-3-7-16(15)19(10-12-24-13-11-19)14-20-17-8-4-5-9-18(17)21(22)23/h2-9,20H,10-14H2,1H3. The quantitative estimate of drug-likeness (QED) is 0.664. The summed E-state index contributed by atoms with van der Waals surface area (Å²) in [7, 11) is 0. The van der Waals surface area contributed by atoms with E-state index in [0.717, 1.165) is 12.8 Å². The summed E-state index contributed by atoms with van der Waals surface area (Å²) in [6.07, 6.45) is 1.82. The zero-order valence-electron chi connectivity index (χ0n) is 13.8. The number of para-hydroxylation sites is 2. The van der Waals surface area contributed by atoms with E-state index in [1.165, 1.54) is 17.2 Å². The van der Waals surface area contributed by atoms with Crippen LogP contribution in [0.4, 0.5) is 11.4 Å². The van der Waals surface area contributed by atoms with Crippen LogP contribution in [-0.2, 0) is 10.2 Å². The Bertz CT molecular complexity index is 724. The van der Waals surface area contributed by atoms with Crippen molar-refractivity contribution >= 4 is 11.4 Å². The second kappa shape index (κ2) is 7.01. The molecule has 5 heteroatoms. The predicted octanol–water partition coefficient (Wildman–Crippen LogP) is 4.06. The zero-order valence-corrected chi connectivity index (χ0v) is 13.8. The number of nitro groups is 1. The molecule has 5 nitrogen and oxygen atoms in total. The van der Waals surface area contributed by atoms with Crippen LogP contribution in [0.3, 0.4) is 0 Å². The largest absolute Gasteiger partial charge is 0.381 e. The van der Waals surface area contributed by atoms with Gasteiger partial charge in [-0.1, -0.05) is 36.4 Å². The number of nitrogens with one attached hydrogen (secondary N) is 1. The molecule has 126 valence electrons. The first-order chi connectivity index (χ1) is 11.6. The van der Waals surface area contributed by atoms with E-state index in [1.54, 1.807) is 12.1 Å². The molecule has 1 heterocycles. The van der Waals surface area contributed by atoms with Crippen LogP contribution in [0.2, 0.25) is 0 Å². The van der Waals surface area contributed by atoms with Gasteiger partial charge in [0.2, 0.25) is 0 Å². The van der Waals surface area contributed by atoms with Crippen LogP contribution >= 0.6 is 0 Å². The van der Waals surface area contributed by atoms with Gasteiger partial charge in [-0.05, 0) is 37.0 Å². The van der Waals surface area contributed by atoms with E-state index in [0.29, 0.717) is 25.4 Å². The van der Waals surface area contributed by atoms with Gasteiger partial charge in [0.25, 0.3) is 5.69 Å². The van der Waals surface area contributed by atoms with Crippen molar-refractivity contribution in [1.82, 2.24) is 0 Å². The van der Waals surface area contributed by atoms with Gasteiger partial charge in [-0.2, -0.15) is 0 Å². The topological polar surface area (TPSA) is 64.4 Å². The molecule has 0 amide bonds. The van der Waals surface area contributed by atoms with Crippen LogP contribution in [0.25, 0.3) is 0 Å². The second-order valence-electron chi connectivity index (χ2n) is 6.34. The molecular formula is C19H22N2O3. The van der Waals surface area contributed by atoms with E-state index in [9.17, 15) is 10.1 Å². The van der Waals surface area contributed by atoms with Gasteiger partial charge in [0.15, 0.2) is 0 Å². The average molecular weight is 326 g/mol. The van der Waals surface area contributed by atoms with Crippen molar-refractivity contribution in [3.63, 3.8) is 0 Å². The van der Waals surface area contributed by atoms with Crippen LogP contribution in [0.15, 0.2) is 48.5 Å². The Kier molecular flexibility index (Phi) is 4.81. The van der Waals surface area contributed by atoms with Crippen molar-refractivity contribution in [2.24, 2.45) is 0 Å². The molecule has 0 unspecified atom stereocenters. The Morgan fingerprint density at radius 1 is 1.12 bits per heavy atom. The minimum Gasteiger partial charge on any atom is -0.381 e. The number of benzene rings is 2. The molecule has 0 aliphatic carbocycles. The molecule has 24 heavy (non-hydrogen) atoms. The molecule has 0 saturated carbocycles. The second-order valence-corrected chi connectivity index (χ2v) is 6.34. The summed E-state index contributed by atoms with van der Waals surface area (Å²) >= 11 is 0. The Balaban J connectivity index is 1.89. The number of hydrogen-bond donors (Lipinski definition) is 1. The van der Waals surface area contributed by atoms with Gasteiger partial charge in [-0.25, -0.2) is 0 Å². The lowest BCUT2D eigenvalue weighted by atomic mass is 9.72. The number of hydrogen-bond acceptors (Lipinski definition) is 4. The first-order valence-electron chi connectivity index (χ1n) is 8.24. The van der Waals surface area contributed by atoms with E-state index in [4.69, 9.17) is 4.74 Å². The molecule has 2 aromatic carbocycles. The van der Waals surface area contributed by atoms with Gasteiger partial charge in [0.05, 0.1) is 4.92 Å². The minimum atomic E-state index is -0.341.